The first-order valence-electron chi connectivity index (χ1n) is 9.13. The van der Waals surface area contributed by atoms with Crippen molar-refractivity contribution < 1.29 is 14.0 Å². The quantitative estimate of drug-likeness (QED) is 0.701. The second-order valence-corrected chi connectivity index (χ2v) is 8.87. The fraction of sp³-hybridized carbons (Fsp3) is 0.450. The highest BCUT2D eigenvalue weighted by atomic mass is 32.2. The van der Waals surface area contributed by atoms with Crippen molar-refractivity contribution in [2.75, 3.05) is 24.6 Å². The monoisotopic (exact) mass is 419 g/mol. The summed E-state index contributed by atoms with van der Waals surface area (Å²) < 4.78 is 15.9. The number of hydrogen-bond donors (Lipinski definition) is 0. The van der Waals surface area contributed by atoms with E-state index in [9.17, 15) is 14.0 Å². The van der Waals surface area contributed by atoms with Crippen molar-refractivity contribution in [3.05, 3.63) is 28.8 Å². The van der Waals surface area contributed by atoms with Crippen LogP contribution in [0.2, 0.25) is 0 Å². The molecule has 8 heteroatoms. The minimum absolute atomic E-state index is 0.0732. The molecule has 1 fully saturated rings. The molecule has 5 nitrogen and oxygen atoms in total. The number of carbonyl (C=O) groups is 2. The summed E-state index contributed by atoms with van der Waals surface area (Å²) in [5, 5.41) is 0. The van der Waals surface area contributed by atoms with Gasteiger partial charge in [-0.3, -0.25) is 9.59 Å². The molecule has 0 saturated carbocycles. The van der Waals surface area contributed by atoms with Crippen molar-refractivity contribution in [2.24, 2.45) is 10.9 Å². The van der Waals surface area contributed by atoms with Crippen LogP contribution in [0.25, 0.3) is 10.2 Å². The number of piperidine rings is 1. The van der Waals surface area contributed by atoms with Gasteiger partial charge in [-0.2, -0.15) is 4.99 Å². The normalized spacial score (nSPS) is 17.7. The number of rotatable bonds is 5. The molecule has 1 saturated heterocycles. The molecule has 0 radical (unpaired) electrons. The summed E-state index contributed by atoms with van der Waals surface area (Å²) in [6.45, 7) is 3.99. The van der Waals surface area contributed by atoms with Gasteiger partial charge in [0, 0.05) is 13.1 Å². The number of aromatic nitrogens is 1. The predicted molar refractivity (Wildman–Crippen MR) is 111 cm³/mol. The van der Waals surface area contributed by atoms with Crippen molar-refractivity contribution in [3.8, 4) is 12.3 Å². The highest BCUT2D eigenvalue weighted by molar-refractivity contribution is 8.00. The number of likely N-dealkylation sites (tertiary alicyclic amines) is 1. The van der Waals surface area contributed by atoms with E-state index in [-0.39, 0.29) is 35.7 Å². The van der Waals surface area contributed by atoms with Crippen LogP contribution in [0.3, 0.4) is 0 Å². The Labute approximate surface area is 171 Å². The lowest BCUT2D eigenvalue weighted by Crippen LogP contribution is -2.40. The van der Waals surface area contributed by atoms with Crippen LogP contribution in [-0.2, 0) is 16.1 Å². The van der Waals surface area contributed by atoms with Crippen LogP contribution in [0.5, 0.6) is 0 Å². The molecule has 1 unspecified atom stereocenters. The first-order valence-corrected chi connectivity index (χ1v) is 11.1. The van der Waals surface area contributed by atoms with Crippen molar-refractivity contribution in [2.45, 2.75) is 26.3 Å². The maximum Gasteiger partial charge on any atom is 0.258 e. The third-order valence-electron chi connectivity index (χ3n) is 4.58. The second-order valence-electron chi connectivity index (χ2n) is 6.87. The highest BCUT2D eigenvalue weighted by Gasteiger charge is 2.20. The summed E-state index contributed by atoms with van der Waals surface area (Å²) in [6, 6.07) is 4.40. The number of amides is 2. The van der Waals surface area contributed by atoms with Gasteiger partial charge in [0.2, 0.25) is 5.91 Å². The maximum atomic E-state index is 13.5. The number of fused-ring (bicyclic) bond motifs is 1. The third kappa shape index (κ3) is 5.03. The van der Waals surface area contributed by atoms with Gasteiger partial charge in [0.05, 0.1) is 28.3 Å². The number of halogens is 1. The van der Waals surface area contributed by atoms with Crippen LogP contribution in [0.15, 0.2) is 23.2 Å². The Morgan fingerprint density at radius 1 is 1.43 bits per heavy atom. The summed E-state index contributed by atoms with van der Waals surface area (Å²) in [5.74, 6) is 2.86. The minimum Gasteiger partial charge on any atom is -0.342 e. The van der Waals surface area contributed by atoms with Crippen LogP contribution in [0.1, 0.15) is 19.8 Å². The number of hydrogen-bond acceptors (Lipinski definition) is 4. The molecule has 148 valence electrons. The first kappa shape index (κ1) is 20.6. The van der Waals surface area contributed by atoms with E-state index in [1.807, 2.05) is 4.90 Å². The van der Waals surface area contributed by atoms with Crippen LogP contribution in [0.4, 0.5) is 4.39 Å². The molecule has 0 spiro atoms. The molecule has 0 N–H and O–H groups in total. The molecular weight excluding hydrogens is 397 g/mol. The Morgan fingerprint density at radius 2 is 2.25 bits per heavy atom. The van der Waals surface area contributed by atoms with Crippen molar-refractivity contribution in [1.82, 2.24) is 9.47 Å². The smallest absolute Gasteiger partial charge is 0.258 e. The number of terminal acetylenes is 1. The number of thioether (sulfide) groups is 1. The zero-order valence-corrected chi connectivity index (χ0v) is 17.3. The fourth-order valence-electron chi connectivity index (χ4n) is 3.25. The van der Waals surface area contributed by atoms with Crippen LogP contribution < -0.4 is 4.80 Å². The Bertz CT molecular complexity index is 989. The molecule has 1 atom stereocenters. The highest BCUT2D eigenvalue weighted by Crippen LogP contribution is 2.19. The minimum atomic E-state index is -0.347. The Hall–Kier alpha value is -2.11. The van der Waals surface area contributed by atoms with E-state index in [4.69, 9.17) is 6.42 Å². The summed E-state index contributed by atoms with van der Waals surface area (Å²) in [6.07, 6.45) is 7.61. The molecule has 1 aromatic heterocycles. The van der Waals surface area contributed by atoms with Gasteiger partial charge in [0.25, 0.3) is 5.91 Å². The average Bonchev–Trinajstić information content (AvgIpc) is 2.98. The van der Waals surface area contributed by atoms with Crippen LogP contribution in [-0.4, -0.2) is 45.9 Å². The van der Waals surface area contributed by atoms with Crippen molar-refractivity contribution in [1.29, 1.82) is 0 Å². The predicted octanol–water partition coefficient (Wildman–Crippen LogP) is 2.89. The lowest BCUT2D eigenvalue weighted by atomic mass is 10.0. The molecule has 0 bridgehead atoms. The van der Waals surface area contributed by atoms with Gasteiger partial charge in [0.1, 0.15) is 5.82 Å². The lowest BCUT2D eigenvalue weighted by molar-refractivity contribution is -0.130. The summed E-state index contributed by atoms with van der Waals surface area (Å²) >= 11 is 2.50. The Balaban J connectivity index is 1.65. The van der Waals surface area contributed by atoms with Crippen molar-refractivity contribution >= 4 is 45.1 Å². The summed E-state index contributed by atoms with van der Waals surface area (Å²) in [5.41, 5.74) is 0.748. The third-order valence-corrected chi connectivity index (χ3v) is 6.52. The molecule has 1 aliphatic rings. The van der Waals surface area contributed by atoms with E-state index in [0.717, 1.165) is 31.4 Å². The van der Waals surface area contributed by atoms with E-state index in [0.29, 0.717) is 15.4 Å². The first-order chi connectivity index (χ1) is 13.5. The number of thiazole rings is 1. The fourth-order valence-corrected chi connectivity index (χ4v) is 5.02. The molecule has 1 aliphatic heterocycles. The summed E-state index contributed by atoms with van der Waals surface area (Å²) in [7, 11) is 0. The molecule has 0 aliphatic carbocycles. The van der Waals surface area contributed by atoms with Gasteiger partial charge in [-0.25, -0.2) is 4.39 Å². The van der Waals surface area contributed by atoms with Gasteiger partial charge in [-0.1, -0.05) is 24.2 Å². The molecule has 2 heterocycles. The van der Waals surface area contributed by atoms with Gasteiger partial charge in [-0.05, 0) is 37.0 Å². The molecular formula is C20H22FN3O2S2. The molecule has 1 aromatic carbocycles. The number of carbonyl (C=O) groups excluding carboxylic acids is 2. The topological polar surface area (TPSA) is 54.7 Å². The molecule has 2 amide bonds. The average molecular weight is 420 g/mol. The van der Waals surface area contributed by atoms with Gasteiger partial charge in [0.15, 0.2) is 4.80 Å². The van der Waals surface area contributed by atoms with Gasteiger partial charge >= 0.3 is 0 Å². The van der Waals surface area contributed by atoms with E-state index in [1.165, 1.54) is 35.2 Å². The molecule has 28 heavy (non-hydrogen) atoms. The Morgan fingerprint density at radius 3 is 3.00 bits per heavy atom. The molecule has 3 rings (SSSR count). The zero-order chi connectivity index (χ0) is 20.1. The lowest BCUT2D eigenvalue weighted by Gasteiger charge is -2.30. The SMILES string of the molecule is C#CCn1c(=NC(=O)CSCC(=O)N2CCCC(C)C2)sc2cc(F)ccc21. The van der Waals surface area contributed by atoms with Crippen LogP contribution in [0, 0.1) is 24.1 Å². The number of benzene rings is 1. The van der Waals surface area contributed by atoms with E-state index in [1.54, 1.807) is 10.6 Å². The Kier molecular flexibility index (Phi) is 6.92. The maximum absolute atomic E-state index is 13.5. The zero-order valence-electron chi connectivity index (χ0n) is 15.7. The second kappa shape index (κ2) is 9.39. The van der Waals surface area contributed by atoms with E-state index >= 15 is 0 Å². The van der Waals surface area contributed by atoms with E-state index < -0.39 is 0 Å². The molecule has 2 aromatic rings. The summed E-state index contributed by atoms with van der Waals surface area (Å²) in [4.78, 5) is 31.0. The number of nitrogens with zero attached hydrogens (tertiary/aromatic N) is 3. The van der Waals surface area contributed by atoms with Crippen LogP contribution >= 0.6 is 23.1 Å². The van der Waals surface area contributed by atoms with Gasteiger partial charge < -0.3 is 9.47 Å². The standard InChI is InChI=1S/C20H22FN3O2S2/c1-3-8-24-16-7-6-15(21)10-17(16)28-20(24)22-18(25)12-27-13-19(26)23-9-4-5-14(2)11-23/h1,6-7,10,14H,4-5,8-9,11-13H2,2H3. The van der Waals surface area contributed by atoms with E-state index in [2.05, 4.69) is 17.8 Å². The largest absolute Gasteiger partial charge is 0.342 e. The van der Waals surface area contributed by atoms with Gasteiger partial charge in [-0.15, -0.1) is 18.2 Å². The van der Waals surface area contributed by atoms with Crippen molar-refractivity contribution in [3.63, 3.8) is 0 Å².